The fourth-order valence-electron chi connectivity index (χ4n) is 2.03. The number of rotatable bonds is 1. The summed E-state index contributed by atoms with van der Waals surface area (Å²) in [7, 11) is 0. The highest BCUT2D eigenvalue weighted by atomic mass is 19.1. The number of benzene rings is 2. The summed E-state index contributed by atoms with van der Waals surface area (Å²) in [6.45, 7) is 0. The predicted octanol–water partition coefficient (Wildman–Crippen LogP) is 3.75. The minimum Gasteiger partial charge on any atom is -0.505 e. The van der Waals surface area contributed by atoms with Gasteiger partial charge in [-0.1, -0.05) is 24.3 Å². The average Bonchev–Trinajstić information content (AvgIpc) is 2.41. The number of phenolic OH excluding ortho intramolecular Hbond substituents is 1. The molecule has 2 nitrogen and oxygen atoms in total. The van der Waals surface area contributed by atoms with Gasteiger partial charge < -0.3 is 5.11 Å². The molecule has 0 fully saturated rings. The first-order chi connectivity index (χ1) is 8.75. The lowest BCUT2D eigenvalue weighted by atomic mass is 10.0. The molecule has 0 aliphatic rings. The van der Waals surface area contributed by atoms with Crippen molar-refractivity contribution < 1.29 is 9.50 Å². The van der Waals surface area contributed by atoms with E-state index in [0.29, 0.717) is 0 Å². The Morgan fingerprint density at radius 2 is 1.89 bits per heavy atom. The first kappa shape index (κ1) is 10.7. The largest absolute Gasteiger partial charge is 0.505 e. The molecule has 0 saturated carbocycles. The van der Waals surface area contributed by atoms with Crippen LogP contribution in [0, 0.1) is 5.82 Å². The molecule has 0 aliphatic heterocycles. The minimum absolute atomic E-state index is 0.336. The van der Waals surface area contributed by atoms with E-state index in [0.717, 1.165) is 22.0 Å². The normalized spacial score (nSPS) is 10.7. The van der Waals surface area contributed by atoms with Crippen molar-refractivity contribution >= 4 is 10.9 Å². The van der Waals surface area contributed by atoms with Crippen LogP contribution in [0.15, 0.2) is 54.7 Å². The van der Waals surface area contributed by atoms with Crippen LogP contribution in [0.5, 0.6) is 5.75 Å². The van der Waals surface area contributed by atoms with Crippen LogP contribution >= 0.6 is 0 Å². The van der Waals surface area contributed by atoms with Crippen LogP contribution in [0.2, 0.25) is 0 Å². The molecule has 1 N–H and O–H groups in total. The minimum atomic E-state index is -0.617. The Morgan fingerprint density at radius 3 is 2.72 bits per heavy atom. The maximum absolute atomic E-state index is 13.4. The van der Waals surface area contributed by atoms with E-state index in [1.165, 1.54) is 12.1 Å². The van der Waals surface area contributed by atoms with Gasteiger partial charge in [0.25, 0.3) is 0 Å². The van der Waals surface area contributed by atoms with Crippen molar-refractivity contribution in [2.45, 2.75) is 0 Å². The topological polar surface area (TPSA) is 33.1 Å². The molecular formula is C15H10FNO. The number of hydrogen-bond donors (Lipinski definition) is 1. The number of fused-ring (bicyclic) bond motifs is 1. The summed E-state index contributed by atoms with van der Waals surface area (Å²) in [5, 5.41) is 10.2. The smallest absolute Gasteiger partial charge is 0.165 e. The fraction of sp³-hybridized carbons (Fsp3) is 0. The lowest BCUT2D eigenvalue weighted by Gasteiger charge is -2.06. The maximum atomic E-state index is 13.4. The quantitative estimate of drug-likeness (QED) is 0.701. The summed E-state index contributed by atoms with van der Waals surface area (Å²) in [5.41, 5.74) is 2.49. The molecule has 2 aromatic carbocycles. The first-order valence-electron chi connectivity index (χ1n) is 5.58. The van der Waals surface area contributed by atoms with Gasteiger partial charge in [-0.25, -0.2) is 4.39 Å². The van der Waals surface area contributed by atoms with Crippen LogP contribution < -0.4 is 0 Å². The molecule has 0 aliphatic carbocycles. The molecule has 0 atom stereocenters. The highest BCUT2D eigenvalue weighted by Gasteiger charge is 2.07. The Morgan fingerprint density at radius 1 is 1.00 bits per heavy atom. The van der Waals surface area contributed by atoms with Crippen LogP contribution in [-0.4, -0.2) is 10.1 Å². The second kappa shape index (κ2) is 4.11. The molecule has 0 spiro atoms. The maximum Gasteiger partial charge on any atom is 0.165 e. The van der Waals surface area contributed by atoms with Crippen LogP contribution in [0.3, 0.4) is 0 Å². The Kier molecular flexibility index (Phi) is 2.45. The fourth-order valence-corrected chi connectivity index (χ4v) is 2.03. The zero-order chi connectivity index (χ0) is 12.5. The lowest BCUT2D eigenvalue weighted by Crippen LogP contribution is -1.85. The van der Waals surface area contributed by atoms with Gasteiger partial charge in [-0.05, 0) is 35.4 Å². The zero-order valence-corrected chi connectivity index (χ0v) is 9.47. The van der Waals surface area contributed by atoms with Gasteiger partial charge in [0.2, 0.25) is 0 Å². The molecule has 3 rings (SSSR count). The van der Waals surface area contributed by atoms with Gasteiger partial charge in [-0.2, -0.15) is 0 Å². The van der Waals surface area contributed by atoms with Gasteiger partial charge in [0.05, 0.1) is 5.52 Å². The van der Waals surface area contributed by atoms with Crippen LogP contribution in [0.25, 0.3) is 22.0 Å². The third kappa shape index (κ3) is 1.70. The molecule has 88 valence electrons. The predicted molar refractivity (Wildman–Crippen MR) is 68.8 cm³/mol. The Balaban J connectivity index is 2.28. The monoisotopic (exact) mass is 239 g/mol. The van der Waals surface area contributed by atoms with Gasteiger partial charge in [0.15, 0.2) is 11.6 Å². The Bertz CT molecular complexity index is 719. The zero-order valence-electron chi connectivity index (χ0n) is 9.47. The van der Waals surface area contributed by atoms with E-state index in [-0.39, 0.29) is 5.75 Å². The van der Waals surface area contributed by atoms with E-state index in [2.05, 4.69) is 4.98 Å². The molecule has 3 heteroatoms. The molecule has 0 bridgehead atoms. The number of nitrogens with zero attached hydrogens (tertiary/aromatic N) is 1. The van der Waals surface area contributed by atoms with Crippen LogP contribution in [0.4, 0.5) is 4.39 Å². The SMILES string of the molecule is Oc1ccc(-c2cccc3ncccc23)cc1F. The molecular weight excluding hydrogens is 229 g/mol. The summed E-state index contributed by atoms with van der Waals surface area (Å²) < 4.78 is 13.4. The van der Waals surface area contributed by atoms with E-state index >= 15 is 0 Å². The summed E-state index contributed by atoms with van der Waals surface area (Å²) in [6, 6.07) is 13.9. The summed E-state index contributed by atoms with van der Waals surface area (Å²) in [4.78, 5) is 4.26. The third-order valence-corrected chi connectivity index (χ3v) is 2.90. The molecule has 1 heterocycles. The summed E-state index contributed by atoms with van der Waals surface area (Å²) >= 11 is 0. The first-order valence-corrected chi connectivity index (χ1v) is 5.58. The van der Waals surface area contributed by atoms with Gasteiger partial charge in [0.1, 0.15) is 0 Å². The molecule has 1 aromatic heterocycles. The summed E-state index contributed by atoms with van der Waals surface area (Å²) in [5.74, 6) is -0.953. The number of hydrogen-bond acceptors (Lipinski definition) is 2. The van der Waals surface area contributed by atoms with Gasteiger partial charge in [0, 0.05) is 11.6 Å². The van der Waals surface area contributed by atoms with Gasteiger partial charge in [-0.3, -0.25) is 4.98 Å². The second-order valence-electron chi connectivity index (χ2n) is 4.04. The Labute approximate surface area is 103 Å². The van der Waals surface area contributed by atoms with E-state index in [9.17, 15) is 9.50 Å². The molecule has 0 amide bonds. The van der Waals surface area contributed by atoms with Gasteiger partial charge >= 0.3 is 0 Å². The standard InChI is InChI=1S/C15H10FNO/c16-13-9-10(6-7-15(13)18)11-3-1-5-14-12(11)4-2-8-17-14/h1-9,18H. The number of phenols is 1. The van der Waals surface area contributed by atoms with Crippen LogP contribution in [0.1, 0.15) is 0 Å². The molecule has 0 unspecified atom stereocenters. The number of aromatic hydroxyl groups is 1. The number of pyridine rings is 1. The molecule has 0 saturated heterocycles. The average molecular weight is 239 g/mol. The molecule has 3 aromatic rings. The van der Waals surface area contributed by atoms with E-state index in [1.807, 2.05) is 30.3 Å². The highest BCUT2D eigenvalue weighted by molar-refractivity contribution is 5.94. The van der Waals surface area contributed by atoms with Crippen molar-refractivity contribution in [3.8, 4) is 16.9 Å². The van der Waals surface area contributed by atoms with Crippen molar-refractivity contribution in [1.29, 1.82) is 0 Å². The van der Waals surface area contributed by atoms with E-state index in [1.54, 1.807) is 12.3 Å². The third-order valence-electron chi connectivity index (χ3n) is 2.90. The lowest BCUT2D eigenvalue weighted by molar-refractivity contribution is 0.432. The molecule has 0 radical (unpaired) electrons. The molecule has 18 heavy (non-hydrogen) atoms. The number of halogens is 1. The van der Waals surface area contributed by atoms with Crippen molar-refractivity contribution in [2.75, 3.05) is 0 Å². The second-order valence-corrected chi connectivity index (χ2v) is 4.04. The Hall–Kier alpha value is -2.42. The van der Waals surface area contributed by atoms with Crippen LogP contribution in [-0.2, 0) is 0 Å². The van der Waals surface area contributed by atoms with Crippen molar-refractivity contribution in [2.24, 2.45) is 0 Å². The van der Waals surface area contributed by atoms with Crippen molar-refractivity contribution in [1.82, 2.24) is 4.98 Å². The highest BCUT2D eigenvalue weighted by Crippen LogP contribution is 2.29. The number of aromatic nitrogens is 1. The van der Waals surface area contributed by atoms with Gasteiger partial charge in [-0.15, -0.1) is 0 Å². The van der Waals surface area contributed by atoms with E-state index in [4.69, 9.17) is 0 Å². The van der Waals surface area contributed by atoms with E-state index < -0.39 is 5.82 Å². The summed E-state index contributed by atoms with van der Waals surface area (Å²) in [6.07, 6.45) is 1.73. The van der Waals surface area contributed by atoms with Crippen molar-refractivity contribution in [3.63, 3.8) is 0 Å². The van der Waals surface area contributed by atoms with Crippen molar-refractivity contribution in [3.05, 3.63) is 60.5 Å².